The minimum absolute atomic E-state index is 0.00176. The van der Waals surface area contributed by atoms with E-state index in [2.05, 4.69) is 5.32 Å². The number of carbonyl (C=O) groups is 1. The number of rotatable bonds is 5. The van der Waals surface area contributed by atoms with Crippen molar-refractivity contribution in [3.05, 3.63) is 35.9 Å². The molecule has 0 fully saturated rings. The molecule has 0 aliphatic rings. The fourth-order valence-electron chi connectivity index (χ4n) is 1.75. The highest BCUT2D eigenvalue weighted by Gasteiger charge is 2.43. The van der Waals surface area contributed by atoms with Gasteiger partial charge in [-0.1, -0.05) is 44.2 Å². The maximum absolute atomic E-state index is 13.0. The zero-order valence-electron chi connectivity index (χ0n) is 10.6. The van der Waals surface area contributed by atoms with Crippen molar-refractivity contribution >= 4 is 5.97 Å². The van der Waals surface area contributed by atoms with E-state index in [9.17, 15) is 18.0 Å². The van der Waals surface area contributed by atoms with Gasteiger partial charge in [0.15, 0.2) is 0 Å². The first kappa shape index (κ1) is 15.5. The molecule has 1 aromatic carbocycles. The van der Waals surface area contributed by atoms with Crippen LogP contribution in [0.2, 0.25) is 0 Å². The van der Waals surface area contributed by atoms with Gasteiger partial charge in [0.05, 0.1) is 0 Å². The fraction of sp³-hybridized carbons (Fsp3) is 0.462. The molecular formula is C13H16F3NO2. The number of hydrogen-bond acceptors (Lipinski definition) is 2. The highest BCUT2D eigenvalue weighted by atomic mass is 19.4. The molecule has 0 aliphatic heterocycles. The zero-order valence-corrected chi connectivity index (χ0v) is 10.6. The van der Waals surface area contributed by atoms with Gasteiger partial charge in [-0.25, -0.2) is 0 Å². The smallest absolute Gasteiger partial charge is 0.407 e. The van der Waals surface area contributed by atoms with Crippen molar-refractivity contribution in [1.29, 1.82) is 0 Å². The summed E-state index contributed by atoms with van der Waals surface area (Å²) in [7, 11) is 0. The molecule has 0 radical (unpaired) electrons. The van der Waals surface area contributed by atoms with Crippen molar-refractivity contribution < 1.29 is 23.1 Å². The molecule has 1 aromatic rings. The molecule has 0 unspecified atom stereocenters. The average molecular weight is 275 g/mol. The number of nitrogens with one attached hydrogen (secondary N) is 1. The van der Waals surface area contributed by atoms with Crippen LogP contribution in [0.5, 0.6) is 0 Å². The zero-order chi connectivity index (χ0) is 14.6. The summed E-state index contributed by atoms with van der Waals surface area (Å²) in [6.07, 6.45) is -4.55. The van der Waals surface area contributed by atoms with E-state index >= 15 is 0 Å². The molecule has 3 nitrogen and oxygen atoms in total. The molecule has 0 saturated heterocycles. The van der Waals surface area contributed by atoms with Gasteiger partial charge in [-0.3, -0.25) is 10.1 Å². The van der Waals surface area contributed by atoms with Crippen LogP contribution < -0.4 is 5.32 Å². The summed E-state index contributed by atoms with van der Waals surface area (Å²) in [5.41, 5.74) is 0.00176. The van der Waals surface area contributed by atoms with Gasteiger partial charge in [0, 0.05) is 0 Å². The van der Waals surface area contributed by atoms with E-state index in [0.29, 0.717) is 0 Å². The van der Waals surface area contributed by atoms with Crippen LogP contribution in [0.25, 0.3) is 0 Å². The first-order valence-electron chi connectivity index (χ1n) is 5.84. The number of alkyl halides is 3. The van der Waals surface area contributed by atoms with Gasteiger partial charge in [-0.05, 0) is 11.5 Å². The molecular weight excluding hydrogens is 259 g/mol. The topological polar surface area (TPSA) is 49.3 Å². The predicted octanol–water partition coefficient (Wildman–Crippen LogP) is 2.99. The summed E-state index contributed by atoms with van der Waals surface area (Å²) in [6, 6.07) is 3.98. The molecule has 106 valence electrons. The predicted molar refractivity (Wildman–Crippen MR) is 64.6 cm³/mol. The van der Waals surface area contributed by atoms with Gasteiger partial charge in [-0.2, -0.15) is 13.2 Å². The summed E-state index contributed by atoms with van der Waals surface area (Å²) in [5.74, 6) is -1.74. The van der Waals surface area contributed by atoms with Crippen molar-refractivity contribution in [2.24, 2.45) is 5.92 Å². The van der Waals surface area contributed by atoms with Crippen molar-refractivity contribution in [3.63, 3.8) is 0 Å². The Morgan fingerprint density at radius 1 is 1.21 bits per heavy atom. The van der Waals surface area contributed by atoms with Crippen LogP contribution >= 0.6 is 0 Å². The van der Waals surface area contributed by atoms with Gasteiger partial charge in [0.1, 0.15) is 12.1 Å². The average Bonchev–Trinajstić information content (AvgIpc) is 2.28. The number of hydrogen-bond donors (Lipinski definition) is 2. The SMILES string of the molecule is CC(C)[C@H](N[C@H](c1ccccc1)C(F)(F)F)C(=O)O. The van der Waals surface area contributed by atoms with Crippen molar-refractivity contribution in [2.75, 3.05) is 0 Å². The first-order chi connectivity index (χ1) is 8.73. The third-order valence-electron chi connectivity index (χ3n) is 2.74. The first-order valence-corrected chi connectivity index (χ1v) is 5.84. The van der Waals surface area contributed by atoms with E-state index in [1.165, 1.54) is 24.3 Å². The van der Waals surface area contributed by atoms with Crippen LogP contribution in [0.1, 0.15) is 25.5 Å². The van der Waals surface area contributed by atoms with Crippen molar-refractivity contribution in [1.82, 2.24) is 5.32 Å². The fourth-order valence-corrected chi connectivity index (χ4v) is 1.75. The highest BCUT2D eigenvalue weighted by molar-refractivity contribution is 5.73. The molecule has 0 bridgehead atoms. The molecule has 0 aromatic heterocycles. The standard InChI is InChI=1S/C13H16F3NO2/c1-8(2)10(12(18)19)17-11(13(14,15)16)9-6-4-3-5-7-9/h3-8,10-11,17H,1-2H3,(H,18,19)/t10-,11+/m0/s1. The lowest BCUT2D eigenvalue weighted by molar-refractivity contribution is -0.164. The van der Waals surface area contributed by atoms with Gasteiger partial charge >= 0.3 is 12.1 Å². The second-order valence-corrected chi connectivity index (χ2v) is 4.61. The Kier molecular flexibility index (Phi) is 4.94. The molecule has 0 spiro atoms. The van der Waals surface area contributed by atoms with Crippen molar-refractivity contribution in [2.45, 2.75) is 32.1 Å². The summed E-state index contributed by atoms with van der Waals surface area (Å²) < 4.78 is 39.1. The Bertz CT molecular complexity index is 418. The van der Waals surface area contributed by atoms with E-state index in [1.807, 2.05) is 0 Å². The molecule has 6 heteroatoms. The third kappa shape index (κ3) is 4.24. The number of halogens is 3. The van der Waals surface area contributed by atoms with Crippen LogP contribution in [0.15, 0.2) is 30.3 Å². The largest absolute Gasteiger partial charge is 0.480 e. The lowest BCUT2D eigenvalue weighted by atomic mass is 10.00. The Morgan fingerprint density at radius 2 is 1.74 bits per heavy atom. The molecule has 0 saturated carbocycles. The Hall–Kier alpha value is -1.56. The number of carboxylic acid groups (broad SMARTS) is 1. The molecule has 0 amide bonds. The monoisotopic (exact) mass is 275 g/mol. The quantitative estimate of drug-likeness (QED) is 0.868. The summed E-state index contributed by atoms with van der Waals surface area (Å²) in [6.45, 7) is 3.12. The van der Waals surface area contributed by atoms with Crippen LogP contribution in [0, 0.1) is 5.92 Å². The lowest BCUT2D eigenvalue weighted by Crippen LogP contribution is -2.47. The van der Waals surface area contributed by atoms with Crippen LogP contribution in [0.3, 0.4) is 0 Å². The number of benzene rings is 1. The second kappa shape index (κ2) is 6.06. The second-order valence-electron chi connectivity index (χ2n) is 4.61. The summed E-state index contributed by atoms with van der Waals surface area (Å²) in [5, 5.41) is 11.2. The van der Waals surface area contributed by atoms with Gasteiger partial charge in [0.2, 0.25) is 0 Å². The van der Waals surface area contributed by atoms with Crippen LogP contribution in [-0.4, -0.2) is 23.3 Å². The summed E-state index contributed by atoms with van der Waals surface area (Å²) in [4.78, 5) is 11.0. The molecule has 0 heterocycles. The molecule has 2 N–H and O–H groups in total. The van der Waals surface area contributed by atoms with Gasteiger partial charge in [0.25, 0.3) is 0 Å². The number of aliphatic carboxylic acids is 1. The lowest BCUT2D eigenvalue weighted by Gasteiger charge is -2.27. The van der Waals surface area contributed by atoms with E-state index in [4.69, 9.17) is 5.11 Å². The Labute approximate surface area is 109 Å². The Morgan fingerprint density at radius 3 is 2.11 bits per heavy atom. The van der Waals surface area contributed by atoms with Crippen molar-refractivity contribution in [3.8, 4) is 0 Å². The maximum atomic E-state index is 13.0. The van der Waals surface area contributed by atoms with E-state index in [0.717, 1.165) is 0 Å². The van der Waals surface area contributed by atoms with E-state index in [-0.39, 0.29) is 5.56 Å². The molecule has 0 aliphatic carbocycles. The Balaban J connectivity index is 3.03. The van der Waals surface area contributed by atoms with Crippen LogP contribution in [-0.2, 0) is 4.79 Å². The number of carboxylic acids is 1. The van der Waals surface area contributed by atoms with Crippen LogP contribution in [0.4, 0.5) is 13.2 Å². The van der Waals surface area contributed by atoms with Gasteiger partial charge in [-0.15, -0.1) is 0 Å². The van der Waals surface area contributed by atoms with E-state index in [1.54, 1.807) is 19.9 Å². The minimum Gasteiger partial charge on any atom is -0.480 e. The third-order valence-corrected chi connectivity index (χ3v) is 2.74. The summed E-state index contributed by atoms with van der Waals surface area (Å²) >= 11 is 0. The van der Waals surface area contributed by atoms with Gasteiger partial charge < -0.3 is 5.11 Å². The maximum Gasteiger partial charge on any atom is 0.407 e. The molecule has 2 atom stereocenters. The highest BCUT2D eigenvalue weighted by Crippen LogP contribution is 2.33. The molecule has 19 heavy (non-hydrogen) atoms. The molecule has 1 rings (SSSR count). The normalized spacial score (nSPS) is 15.3. The minimum atomic E-state index is -4.55. The van der Waals surface area contributed by atoms with E-state index < -0.39 is 30.1 Å².